The van der Waals surface area contributed by atoms with E-state index in [2.05, 4.69) is 0 Å². The van der Waals surface area contributed by atoms with Gasteiger partial charge in [-0.1, -0.05) is 13.3 Å². The zero-order chi connectivity index (χ0) is 14.6. The maximum Gasteiger partial charge on any atom is 0.443 e. The van der Waals surface area contributed by atoms with Crippen molar-refractivity contribution in [3.63, 3.8) is 0 Å². The Bertz CT molecular complexity index is 381. The Balaban J connectivity index is 2.88. The Morgan fingerprint density at radius 2 is 2.16 bits per heavy atom. The molecule has 0 radical (unpaired) electrons. The topological polar surface area (TPSA) is 55.8 Å². The van der Waals surface area contributed by atoms with Gasteiger partial charge in [-0.25, -0.2) is 4.79 Å². The maximum absolute atomic E-state index is 12.1. The largest absolute Gasteiger partial charge is 0.443 e. The van der Waals surface area contributed by atoms with E-state index in [0.717, 1.165) is 6.42 Å². The summed E-state index contributed by atoms with van der Waals surface area (Å²) in [4.78, 5) is 29.3. The van der Waals surface area contributed by atoms with E-state index in [1.807, 2.05) is 6.92 Å². The lowest BCUT2D eigenvalue weighted by atomic mass is 10.1. The molecule has 0 bridgehead atoms. The first-order chi connectivity index (χ1) is 8.73. The average Bonchev–Trinajstić information content (AvgIpc) is 2.35. The Morgan fingerprint density at radius 3 is 2.68 bits per heavy atom. The molecule has 1 heterocycles. The van der Waals surface area contributed by atoms with Gasteiger partial charge in [-0.05, 0) is 34.1 Å². The van der Waals surface area contributed by atoms with Crippen molar-refractivity contribution in [2.24, 2.45) is 0 Å². The van der Waals surface area contributed by atoms with E-state index in [4.69, 9.17) is 9.57 Å². The molecule has 1 aliphatic heterocycles. The van der Waals surface area contributed by atoms with E-state index >= 15 is 0 Å². The number of hydrogen-bond donors (Lipinski definition) is 0. The molecule has 0 aromatic carbocycles. The smallest absolute Gasteiger partial charge is 0.442 e. The fourth-order valence-corrected chi connectivity index (χ4v) is 1.90. The highest BCUT2D eigenvalue weighted by Gasteiger charge is 2.33. The van der Waals surface area contributed by atoms with Crippen LogP contribution in [0.1, 0.15) is 53.9 Å². The van der Waals surface area contributed by atoms with Gasteiger partial charge >= 0.3 is 6.09 Å². The lowest BCUT2D eigenvalue weighted by Gasteiger charge is -2.30. The predicted octanol–water partition coefficient (Wildman–Crippen LogP) is 3.20. The highest BCUT2D eigenvalue weighted by molar-refractivity contribution is 5.91. The molecule has 1 unspecified atom stereocenters. The molecule has 1 rings (SSSR count). The lowest BCUT2D eigenvalue weighted by Crippen LogP contribution is -2.43. The Morgan fingerprint density at radius 1 is 1.53 bits per heavy atom. The molecule has 0 aromatic heterocycles. The summed E-state index contributed by atoms with van der Waals surface area (Å²) in [6.07, 6.45) is 2.71. The fourth-order valence-electron chi connectivity index (χ4n) is 1.90. The van der Waals surface area contributed by atoms with Crippen LogP contribution in [0.25, 0.3) is 0 Å². The van der Waals surface area contributed by atoms with Crippen LogP contribution in [-0.2, 0) is 14.4 Å². The third kappa shape index (κ3) is 4.93. The number of hydrogen-bond acceptors (Lipinski definition) is 4. The van der Waals surface area contributed by atoms with Crippen LogP contribution in [0.15, 0.2) is 11.8 Å². The quantitative estimate of drug-likeness (QED) is 0.772. The van der Waals surface area contributed by atoms with Crippen LogP contribution in [0.2, 0.25) is 0 Å². The Kier molecular flexibility index (Phi) is 4.97. The molecule has 0 aromatic rings. The molecular weight excluding hydrogens is 246 g/mol. The summed E-state index contributed by atoms with van der Waals surface area (Å²) < 4.78 is 5.32. The first kappa shape index (κ1) is 15.5. The van der Waals surface area contributed by atoms with Gasteiger partial charge in [0.25, 0.3) is 0 Å². The van der Waals surface area contributed by atoms with Crippen LogP contribution in [0.3, 0.4) is 0 Å². The number of rotatable bonds is 2. The molecule has 0 aliphatic carbocycles. The van der Waals surface area contributed by atoms with Gasteiger partial charge < -0.3 is 9.57 Å². The van der Waals surface area contributed by atoms with Crippen molar-refractivity contribution >= 4 is 11.9 Å². The number of carbonyl (C=O) groups is 2. The summed E-state index contributed by atoms with van der Waals surface area (Å²) in [5.74, 6) is 0.386. The van der Waals surface area contributed by atoms with Gasteiger partial charge in [0.1, 0.15) is 11.4 Å². The molecule has 1 aliphatic rings. The third-order valence-electron chi connectivity index (χ3n) is 2.57. The Labute approximate surface area is 114 Å². The van der Waals surface area contributed by atoms with Crippen LogP contribution in [-0.4, -0.2) is 28.6 Å². The summed E-state index contributed by atoms with van der Waals surface area (Å²) in [5.41, 5.74) is -0.592. The fraction of sp³-hybridized carbons (Fsp3) is 0.714. The van der Waals surface area contributed by atoms with Gasteiger partial charge in [-0.15, -0.1) is 5.06 Å². The number of hydroxylamine groups is 2. The van der Waals surface area contributed by atoms with Crippen LogP contribution in [0, 0.1) is 0 Å². The minimum absolute atomic E-state index is 0.0259. The average molecular weight is 269 g/mol. The Hall–Kier alpha value is -1.52. The number of ketones is 1. The predicted molar refractivity (Wildman–Crippen MR) is 71.2 cm³/mol. The summed E-state index contributed by atoms with van der Waals surface area (Å²) in [7, 11) is 0. The van der Waals surface area contributed by atoms with E-state index < -0.39 is 11.7 Å². The monoisotopic (exact) mass is 269 g/mol. The van der Waals surface area contributed by atoms with Crippen LogP contribution in [0.5, 0.6) is 0 Å². The van der Waals surface area contributed by atoms with Crippen LogP contribution >= 0.6 is 0 Å². The summed E-state index contributed by atoms with van der Waals surface area (Å²) in [6, 6.07) is -0.277. The third-order valence-corrected chi connectivity index (χ3v) is 2.57. The molecule has 1 atom stereocenters. The summed E-state index contributed by atoms with van der Waals surface area (Å²) in [6.45, 7) is 9.05. The lowest BCUT2D eigenvalue weighted by molar-refractivity contribution is -0.141. The first-order valence-corrected chi connectivity index (χ1v) is 6.64. The van der Waals surface area contributed by atoms with Crippen molar-refractivity contribution in [1.82, 2.24) is 5.06 Å². The summed E-state index contributed by atoms with van der Waals surface area (Å²) in [5, 5.41) is 1.20. The van der Waals surface area contributed by atoms with E-state index in [1.54, 1.807) is 27.7 Å². The van der Waals surface area contributed by atoms with Crippen molar-refractivity contribution < 1.29 is 19.2 Å². The zero-order valence-electron chi connectivity index (χ0n) is 12.4. The minimum atomic E-state index is -0.592. The zero-order valence-corrected chi connectivity index (χ0v) is 12.4. The number of allylic oxidation sites excluding steroid dienone is 2. The minimum Gasteiger partial charge on any atom is -0.442 e. The molecule has 0 spiro atoms. The summed E-state index contributed by atoms with van der Waals surface area (Å²) >= 11 is 0. The standard InChI is InChI=1S/C14H23NO4/c1-6-7-11-9-12(16)8-10(2)19-15(11)13(17)18-14(3,4)5/h8,11H,6-7,9H2,1-5H3. The van der Waals surface area contributed by atoms with Crippen molar-refractivity contribution in [1.29, 1.82) is 0 Å². The van der Waals surface area contributed by atoms with Gasteiger partial charge in [0.2, 0.25) is 0 Å². The van der Waals surface area contributed by atoms with Gasteiger partial charge in [0.05, 0.1) is 6.04 Å². The molecule has 0 saturated carbocycles. The SMILES string of the molecule is CCCC1CC(=O)C=C(C)ON1C(=O)OC(C)(C)C. The van der Waals surface area contributed by atoms with Crippen molar-refractivity contribution in [2.75, 3.05) is 0 Å². The van der Waals surface area contributed by atoms with E-state index in [1.165, 1.54) is 11.1 Å². The number of ether oxygens (including phenoxy) is 1. The second kappa shape index (κ2) is 6.08. The molecule has 5 nitrogen and oxygen atoms in total. The van der Waals surface area contributed by atoms with E-state index in [-0.39, 0.29) is 18.2 Å². The number of amides is 1. The van der Waals surface area contributed by atoms with Crippen molar-refractivity contribution in [3.8, 4) is 0 Å². The molecule has 19 heavy (non-hydrogen) atoms. The normalized spacial score (nSPS) is 20.5. The second-order valence-electron chi connectivity index (χ2n) is 5.77. The first-order valence-electron chi connectivity index (χ1n) is 6.64. The van der Waals surface area contributed by atoms with Crippen molar-refractivity contribution in [2.45, 2.75) is 65.5 Å². The molecule has 1 amide bonds. The van der Waals surface area contributed by atoms with E-state index in [0.29, 0.717) is 12.2 Å². The van der Waals surface area contributed by atoms with Gasteiger partial charge in [-0.3, -0.25) is 4.79 Å². The van der Waals surface area contributed by atoms with Gasteiger partial charge in [0, 0.05) is 12.5 Å². The highest BCUT2D eigenvalue weighted by Crippen LogP contribution is 2.22. The van der Waals surface area contributed by atoms with Gasteiger partial charge in [0.15, 0.2) is 5.78 Å². The number of carbonyl (C=O) groups excluding carboxylic acids is 2. The van der Waals surface area contributed by atoms with Crippen molar-refractivity contribution in [3.05, 3.63) is 11.8 Å². The van der Waals surface area contributed by atoms with E-state index in [9.17, 15) is 9.59 Å². The molecule has 5 heteroatoms. The van der Waals surface area contributed by atoms with Gasteiger partial charge in [-0.2, -0.15) is 0 Å². The van der Waals surface area contributed by atoms with Crippen LogP contribution in [0.4, 0.5) is 4.79 Å². The second-order valence-corrected chi connectivity index (χ2v) is 5.77. The van der Waals surface area contributed by atoms with Crippen LogP contribution < -0.4 is 0 Å². The maximum atomic E-state index is 12.1. The molecule has 108 valence electrons. The molecule has 0 saturated heterocycles. The number of nitrogens with zero attached hydrogens (tertiary/aromatic N) is 1. The highest BCUT2D eigenvalue weighted by atomic mass is 16.7. The molecular formula is C14H23NO4. The molecule has 0 N–H and O–H groups in total. The molecule has 0 fully saturated rings.